The largest absolute Gasteiger partial charge is 0.496 e. The Bertz CT molecular complexity index is 560. The molecular weight excluding hydrogens is 302 g/mol. The van der Waals surface area contributed by atoms with Gasteiger partial charge in [0.05, 0.1) is 7.11 Å². The van der Waals surface area contributed by atoms with E-state index < -0.39 is 0 Å². The molecule has 0 aliphatic carbocycles. The lowest BCUT2D eigenvalue weighted by Gasteiger charge is -2.37. The van der Waals surface area contributed by atoms with Gasteiger partial charge in [-0.3, -0.25) is 9.89 Å². The summed E-state index contributed by atoms with van der Waals surface area (Å²) < 4.78 is 5.46. The third-order valence-corrected chi connectivity index (χ3v) is 4.60. The summed E-state index contributed by atoms with van der Waals surface area (Å²) in [5.41, 5.74) is 2.32. The van der Waals surface area contributed by atoms with Gasteiger partial charge in [0.2, 0.25) is 0 Å². The van der Waals surface area contributed by atoms with E-state index in [0.717, 1.165) is 43.5 Å². The number of guanidine groups is 1. The van der Waals surface area contributed by atoms with E-state index in [1.54, 1.807) is 14.2 Å². The second-order valence-corrected chi connectivity index (χ2v) is 6.52. The summed E-state index contributed by atoms with van der Waals surface area (Å²) in [6.45, 7) is 6.95. The molecule has 0 aromatic heterocycles. The molecule has 0 radical (unpaired) electrons. The molecule has 1 fully saturated rings. The van der Waals surface area contributed by atoms with Crippen molar-refractivity contribution in [3.05, 3.63) is 29.3 Å². The van der Waals surface area contributed by atoms with Crippen molar-refractivity contribution in [3.63, 3.8) is 0 Å². The van der Waals surface area contributed by atoms with E-state index >= 15 is 0 Å². The van der Waals surface area contributed by atoms with Crippen LogP contribution in [0, 0.1) is 6.92 Å². The highest BCUT2D eigenvalue weighted by atomic mass is 16.5. The lowest BCUT2D eigenvalue weighted by Crippen LogP contribution is -2.55. The Morgan fingerprint density at radius 3 is 2.79 bits per heavy atom. The Kier molecular flexibility index (Phi) is 6.87. The number of ether oxygens (including phenoxy) is 1. The highest BCUT2D eigenvalue weighted by Gasteiger charge is 2.22. The average Bonchev–Trinajstić information content (AvgIpc) is 2.58. The number of rotatable bonds is 5. The van der Waals surface area contributed by atoms with Crippen molar-refractivity contribution in [2.75, 3.05) is 54.4 Å². The number of hydrogen-bond donors (Lipinski definition) is 2. The Hall–Kier alpha value is -1.79. The van der Waals surface area contributed by atoms with Crippen molar-refractivity contribution in [1.82, 2.24) is 20.4 Å². The molecule has 0 amide bonds. The highest BCUT2D eigenvalue weighted by molar-refractivity contribution is 5.79. The molecule has 0 saturated carbocycles. The molecule has 134 valence electrons. The van der Waals surface area contributed by atoms with Crippen molar-refractivity contribution in [3.8, 4) is 5.75 Å². The van der Waals surface area contributed by atoms with Crippen LogP contribution in [0.5, 0.6) is 5.75 Å². The van der Waals surface area contributed by atoms with Crippen molar-refractivity contribution < 1.29 is 4.74 Å². The van der Waals surface area contributed by atoms with E-state index in [4.69, 9.17) is 4.74 Å². The normalized spacial score (nSPS) is 20.0. The summed E-state index contributed by atoms with van der Waals surface area (Å²) in [5, 5.41) is 6.81. The fourth-order valence-electron chi connectivity index (χ4n) is 2.93. The third kappa shape index (κ3) is 5.11. The van der Waals surface area contributed by atoms with Gasteiger partial charge < -0.3 is 20.3 Å². The zero-order valence-corrected chi connectivity index (χ0v) is 15.6. The molecule has 1 heterocycles. The number of aryl methyl sites for hydroxylation is 1. The van der Waals surface area contributed by atoms with Gasteiger partial charge in [-0.1, -0.05) is 12.1 Å². The maximum absolute atomic E-state index is 5.46. The summed E-state index contributed by atoms with van der Waals surface area (Å²) in [6, 6.07) is 6.75. The van der Waals surface area contributed by atoms with E-state index in [0.29, 0.717) is 12.6 Å². The van der Waals surface area contributed by atoms with Gasteiger partial charge in [-0.15, -0.1) is 0 Å². The van der Waals surface area contributed by atoms with Crippen molar-refractivity contribution in [1.29, 1.82) is 0 Å². The van der Waals surface area contributed by atoms with Crippen molar-refractivity contribution in [2.45, 2.75) is 19.5 Å². The monoisotopic (exact) mass is 333 g/mol. The summed E-state index contributed by atoms with van der Waals surface area (Å²) in [4.78, 5) is 9.11. The predicted octanol–water partition coefficient (Wildman–Crippen LogP) is 0.914. The number of hydrogen-bond acceptors (Lipinski definition) is 4. The van der Waals surface area contributed by atoms with Gasteiger partial charge in [-0.25, -0.2) is 0 Å². The number of benzene rings is 1. The van der Waals surface area contributed by atoms with Crippen molar-refractivity contribution >= 4 is 5.96 Å². The van der Waals surface area contributed by atoms with Crippen LogP contribution in [0.25, 0.3) is 0 Å². The summed E-state index contributed by atoms with van der Waals surface area (Å²) >= 11 is 0. The molecule has 1 atom stereocenters. The Morgan fingerprint density at radius 1 is 1.29 bits per heavy atom. The van der Waals surface area contributed by atoms with Crippen LogP contribution in [-0.4, -0.2) is 76.2 Å². The quantitative estimate of drug-likeness (QED) is 0.620. The first-order chi connectivity index (χ1) is 11.5. The second-order valence-electron chi connectivity index (χ2n) is 6.52. The van der Waals surface area contributed by atoms with Gasteiger partial charge in [0, 0.05) is 51.4 Å². The van der Waals surface area contributed by atoms with Crippen LogP contribution in [0.4, 0.5) is 0 Å². The van der Waals surface area contributed by atoms with E-state index in [9.17, 15) is 0 Å². The first kappa shape index (κ1) is 18.5. The van der Waals surface area contributed by atoms with E-state index in [2.05, 4.69) is 64.6 Å². The van der Waals surface area contributed by atoms with Gasteiger partial charge in [-0.05, 0) is 32.6 Å². The van der Waals surface area contributed by atoms with Crippen LogP contribution in [-0.2, 0) is 6.54 Å². The van der Waals surface area contributed by atoms with Gasteiger partial charge in [0.15, 0.2) is 5.96 Å². The standard InChI is InChI=1S/C18H31N5O/c1-14-6-7-15(17(10-14)24-5)11-20-18(19-2)21-12-16-13-22(3)8-9-23(16)4/h6-7,10,16H,8-9,11-13H2,1-5H3,(H2,19,20,21). The Morgan fingerprint density at radius 2 is 2.08 bits per heavy atom. The number of likely N-dealkylation sites (N-methyl/N-ethyl adjacent to an activating group) is 2. The van der Waals surface area contributed by atoms with Crippen LogP contribution >= 0.6 is 0 Å². The molecule has 2 rings (SSSR count). The molecule has 0 spiro atoms. The molecular formula is C18H31N5O. The lowest BCUT2D eigenvalue weighted by molar-refractivity contribution is 0.116. The smallest absolute Gasteiger partial charge is 0.191 e. The summed E-state index contributed by atoms with van der Waals surface area (Å²) in [7, 11) is 7.88. The number of nitrogens with zero attached hydrogens (tertiary/aromatic N) is 3. The molecule has 1 aliphatic rings. The average molecular weight is 333 g/mol. The molecule has 2 N–H and O–H groups in total. The summed E-state index contributed by atoms with van der Waals surface area (Å²) in [6.07, 6.45) is 0. The molecule has 6 nitrogen and oxygen atoms in total. The molecule has 1 unspecified atom stereocenters. The number of aliphatic imine (C=N–C) groups is 1. The minimum Gasteiger partial charge on any atom is -0.496 e. The van der Waals surface area contributed by atoms with Gasteiger partial charge in [0.25, 0.3) is 0 Å². The van der Waals surface area contributed by atoms with Crippen LogP contribution < -0.4 is 15.4 Å². The van der Waals surface area contributed by atoms with Crippen LogP contribution in [0.1, 0.15) is 11.1 Å². The first-order valence-corrected chi connectivity index (χ1v) is 8.50. The molecule has 0 bridgehead atoms. The fraction of sp³-hybridized carbons (Fsp3) is 0.611. The van der Waals surface area contributed by atoms with E-state index in [1.165, 1.54) is 5.56 Å². The minimum atomic E-state index is 0.496. The van der Waals surface area contributed by atoms with Gasteiger partial charge in [-0.2, -0.15) is 0 Å². The maximum atomic E-state index is 5.46. The second kappa shape index (κ2) is 8.89. The Labute approximate surface area is 145 Å². The number of methoxy groups -OCH3 is 1. The molecule has 1 aromatic rings. The maximum Gasteiger partial charge on any atom is 0.191 e. The SMILES string of the molecule is CN=C(NCc1ccc(C)cc1OC)NCC1CN(C)CCN1C. The van der Waals surface area contributed by atoms with Crippen LogP contribution in [0.3, 0.4) is 0 Å². The van der Waals surface area contributed by atoms with E-state index in [-0.39, 0.29) is 0 Å². The van der Waals surface area contributed by atoms with Crippen molar-refractivity contribution in [2.24, 2.45) is 4.99 Å². The molecule has 1 aromatic carbocycles. The predicted molar refractivity (Wildman–Crippen MR) is 99.8 cm³/mol. The third-order valence-electron chi connectivity index (χ3n) is 4.60. The minimum absolute atomic E-state index is 0.496. The zero-order valence-electron chi connectivity index (χ0n) is 15.6. The Balaban J connectivity index is 1.86. The van der Waals surface area contributed by atoms with E-state index in [1.807, 2.05) is 0 Å². The van der Waals surface area contributed by atoms with Gasteiger partial charge in [0.1, 0.15) is 5.75 Å². The molecule has 1 saturated heterocycles. The highest BCUT2D eigenvalue weighted by Crippen LogP contribution is 2.19. The molecule has 6 heteroatoms. The topological polar surface area (TPSA) is 52.1 Å². The number of piperazine rings is 1. The molecule has 1 aliphatic heterocycles. The summed E-state index contributed by atoms with van der Waals surface area (Å²) in [5.74, 6) is 1.73. The fourth-order valence-corrected chi connectivity index (χ4v) is 2.93. The zero-order chi connectivity index (χ0) is 17.5. The number of nitrogens with one attached hydrogen (secondary N) is 2. The van der Waals surface area contributed by atoms with Gasteiger partial charge >= 0.3 is 0 Å². The lowest BCUT2D eigenvalue weighted by atomic mass is 10.1. The molecule has 24 heavy (non-hydrogen) atoms. The van der Waals surface area contributed by atoms with Crippen LogP contribution in [0.15, 0.2) is 23.2 Å². The van der Waals surface area contributed by atoms with Crippen LogP contribution in [0.2, 0.25) is 0 Å². The first-order valence-electron chi connectivity index (χ1n) is 8.50.